The van der Waals surface area contributed by atoms with Crippen LogP contribution in [-0.4, -0.2) is 36.8 Å². The van der Waals surface area contributed by atoms with Gasteiger partial charge in [0, 0.05) is 19.7 Å². The molecular formula is C16H27NO. The second kappa shape index (κ2) is 7.55. The first kappa shape index (κ1) is 15.2. The average molecular weight is 249 g/mol. The predicted octanol–water partition coefficient (Wildman–Crippen LogP) is 2.73. The summed E-state index contributed by atoms with van der Waals surface area (Å²) in [5, 5.41) is 9.34. The fraction of sp³-hybridized carbons (Fsp3) is 0.625. The summed E-state index contributed by atoms with van der Waals surface area (Å²) in [5.74, 6) is 0.920. The maximum absolute atomic E-state index is 9.34. The maximum atomic E-state index is 9.34. The second-order valence-electron chi connectivity index (χ2n) is 5.69. The number of hydrogen-bond donors (Lipinski definition) is 1. The highest BCUT2D eigenvalue weighted by Gasteiger charge is 2.14. The van der Waals surface area contributed by atoms with Crippen molar-refractivity contribution in [2.45, 2.75) is 27.2 Å². The fourth-order valence-corrected chi connectivity index (χ4v) is 2.16. The van der Waals surface area contributed by atoms with E-state index in [1.807, 2.05) is 0 Å². The molecule has 0 aliphatic carbocycles. The Bertz CT molecular complexity index is 349. The summed E-state index contributed by atoms with van der Waals surface area (Å²) >= 11 is 0. The van der Waals surface area contributed by atoms with Gasteiger partial charge >= 0.3 is 0 Å². The molecule has 18 heavy (non-hydrogen) atoms. The van der Waals surface area contributed by atoms with Gasteiger partial charge in [-0.3, -0.25) is 0 Å². The molecule has 102 valence electrons. The third kappa shape index (κ3) is 5.19. The molecule has 0 aromatic heterocycles. The van der Waals surface area contributed by atoms with Crippen molar-refractivity contribution in [1.82, 2.24) is 4.90 Å². The highest BCUT2D eigenvalue weighted by atomic mass is 16.3. The van der Waals surface area contributed by atoms with Gasteiger partial charge in [0.2, 0.25) is 0 Å². The lowest BCUT2D eigenvalue weighted by Crippen LogP contribution is -2.32. The Morgan fingerprint density at radius 3 is 2.56 bits per heavy atom. The maximum Gasteiger partial charge on any atom is 0.0473 e. The van der Waals surface area contributed by atoms with Gasteiger partial charge in [-0.25, -0.2) is 0 Å². The summed E-state index contributed by atoms with van der Waals surface area (Å²) in [6.45, 7) is 8.79. The van der Waals surface area contributed by atoms with Crippen LogP contribution in [0.2, 0.25) is 0 Å². The van der Waals surface area contributed by atoms with Crippen LogP contribution in [0.1, 0.15) is 25.0 Å². The summed E-state index contributed by atoms with van der Waals surface area (Å²) in [5.41, 5.74) is 2.72. The molecule has 2 nitrogen and oxygen atoms in total. The Morgan fingerprint density at radius 2 is 2.00 bits per heavy atom. The second-order valence-corrected chi connectivity index (χ2v) is 5.69. The van der Waals surface area contributed by atoms with Gasteiger partial charge in [-0.1, -0.05) is 43.7 Å². The molecule has 0 spiro atoms. The SMILES string of the molecule is Cc1cccc(CCN(C)CC(CO)C(C)C)c1. The van der Waals surface area contributed by atoms with E-state index in [9.17, 15) is 5.11 Å². The van der Waals surface area contributed by atoms with Crippen LogP contribution in [0.4, 0.5) is 0 Å². The zero-order valence-electron chi connectivity index (χ0n) is 12.2. The number of hydrogen-bond acceptors (Lipinski definition) is 2. The minimum absolute atomic E-state index is 0.284. The molecule has 0 saturated carbocycles. The van der Waals surface area contributed by atoms with Crippen molar-refractivity contribution in [3.63, 3.8) is 0 Å². The van der Waals surface area contributed by atoms with Gasteiger partial charge in [-0.05, 0) is 37.8 Å². The van der Waals surface area contributed by atoms with E-state index in [1.54, 1.807) is 0 Å². The monoisotopic (exact) mass is 249 g/mol. The molecular weight excluding hydrogens is 222 g/mol. The molecule has 0 saturated heterocycles. The van der Waals surface area contributed by atoms with Gasteiger partial charge in [0.05, 0.1) is 0 Å². The van der Waals surface area contributed by atoms with Gasteiger partial charge in [0.1, 0.15) is 0 Å². The first-order valence-electron chi connectivity index (χ1n) is 6.88. The van der Waals surface area contributed by atoms with Crippen LogP contribution in [0.3, 0.4) is 0 Å². The number of rotatable bonds is 7. The fourth-order valence-electron chi connectivity index (χ4n) is 2.16. The van der Waals surface area contributed by atoms with Crippen LogP contribution in [0.5, 0.6) is 0 Å². The summed E-state index contributed by atoms with van der Waals surface area (Å²) in [6, 6.07) is 8.69. The van der Waals surface area contributed by atoms with Gasteiger partial charge in [-0.15, -0.1) is 0 Å². The van der Waals surface area contributed by atoms with Crippen molar-refractivity contribution < 1.29 is 5.11 Å². The number of benzene rings is 1. The standard InChI is InChI=1S/C16H27NO/c1-13(2)16(12-18)11-17(4)9-8-15-7-5-6-14(3)10-15/h5-7,10,13,16,18H,8-9,11-12H2,1-4H3. The Hall–Kier alpha value is -0.860. The van der Waals surface area contributed by atoms with Gasteiger partial charge in [0.25, 0.3) is 0 Å². The molecule has 0 bridgehead atoms. The quantitative estimate of drug-likeness (QED) is 0.803. The minimum atomic E-state index is 0.284. The zero-order chi connectivity index (χ0) is 13.5. The largest absolute Gasteiger partial charge is 0.396 e. The van der Waals surface area contributed by atoms with E-state index in [4.69, 9.17) is 0 Å². The molecule has 1 aromatic rings. The van der Waals surface area contributed by atoms with Crippen molar-refractivity contribution in [3.05, 3.63) is 35.4 Å². The molecule has 0 radical (unpaired) electrons. The molecule has 1 rings (SSSR count). The predicted molar refractivity (Wildman–Crippen MR) is 77.8 cm³/mol. The van der Waals surface area contributed by atoms with E-state index in [0.29, 0.717) is 11.8 Å². The lowest BCUT2D eigenvalue weighted by molar-refractivity contribution is 0.147. The molecule has 0 aliphatic rings. The smallest absolute Gasteiger partial charge is 0.0473 e. The zero-order valence-corrected chi connectivity index (χ0v) is 12.2. The topological polar surface area (TPSA) is 23.5 Å². The molecule has 0 heterocycles. The third-order valence-corrected chi connectivity index (χ3v) is 3.59. The first-order valence-corrected chi connectivity index (χ1v) is 6.88. The molecule has 0 amide bonds. The van der Waals surface area contributed by atoms with E-state index in [-0.39, 0.29) is 6.61 Å². The van der Waals surface area contributed by atoms with Crippen molar-refractivity contribution >= 4 is 0 Å². The van der Waals surface area contributed by atoms with E-state index < -0.39 is 0 Å². The Labute approximate surface area is 112 Å². The van der Waals surface area contributed by atoms with E-state index >= 15 is 0 Å². The normalized spacial score (nSPS) is 13.3. The van der Waals surface area contributed by atoms with Crippen LogP contribution < -0.4 is 0 Å². The summed E-state index contributed by atoms with van der Waals surface area (Å²) < 4.78 is 0. The van der Waals surface area contributed by atoms with Crippen LogP contribution in [-0.2, 0) is 6.42 Å². The molecule has 1 unspecified atom stereocenters. The van der Waals surface area contributed by atoms with Crippen molar-refractivity contribution in [2.24, 2.45) is 11.8 Å². The van der Waals surface area contributed by atoms with Gasteiger partial charge in [0.15, 0.2) is 0 Å². The molecule has 0 aliphatic heterocycles. The summed E-state index contributed by atoms with van der Waals surface area (Å²) in [6.07, 6.45) is 1.08. The van der Waals surface area contributed by atoms with Crippen molar-refractivity contribution in [2.75, 3.05) is 26.7 Å². The van der Waals surface area contributed by atoms with Gasteiger partial charge < -0.3 is 10.0 Å². The molecule has 0 fully saturated rings. The Morgan fingerprint density at radius 1 is 1.28 bits per heavy atom. The number of aliphatic hydroxyl groups excluding tert-OH is 1. The molecule has 2 heteroatoms. The Balaban J connectivity index is 2.39. The minimum Gasteiger partial charge on any atom is -0.396 e. The summed E-state index contributed by atoms with van der Waals surface area (Å²) in [4.78, 5) is 2.32. The van der Waals surface area contributed by atoms with E-state index in [1.165, 1.54) is 11.1 Å². The number of aryl methyl sites for hydroxylation is 1. The van der Waals surface area contributed by atoms with Gasteiger partial charge in [-0.2, -0.15) is 0 Å². The Kier molecular flexibility index (Phi) is 6.37. The lowest BCUT2D eigenvalue weighted by Gasteiger charge is -2.25. The summed E-state index contributed by atoms with van der Waals surface area (Å²) in [7, 11) is 2.14. The van der Waals surface area contributed by atoms with Crippen molar-refractivity contribution in [1.29, 1.82) is 0 Å². The highest BCUT2D eigenvalue weighted by molar-refractivity contribution is 5.22. The van der Waals surface area contributed by atoms with Crippen LogP contribution in [0.25, 0.3) is 0 Å². The number of nitrogens with zero attached hydrogens (tertiary/aromatic N) is 1. The lowest BCUT2D eigenvalue weighted by atomic mass is 9.96. The van der Waals surface area contributed by atoms with Crippen molar-refractivity contribution in [3.8, 4) is 0 Å². The average Bonchev–Trinajstić information content (AvgIpc) is 2.33. The molecule has 1 N–H and O–H groups in total. The molecule has 1 aromatic carbocycles. The first-order chi connectivity index (χ1) is 8.52. The van der Waals surface area contributed by atoms with Crippen LogP contribution in [0, 0.1) is 18.8 Å². The number of aliphatic hydroxyl groups is 1. The van der Waals surface area contributed by atoms with E-state index in [2.05, 4.69) is 57.0 Å². The van der Waals surface area contributed by atoms with Crippen LogP contribution in [0.15, 0.2) is 24.3 Å². The van der Waals surface area contributed by atoms with E-state index in [0.717, 1.165) is 19.5 Å². The third-order valence-electron chi connectivity index (χ3n) is 3.59. The molecule has 1 atom stereocenters. The number of likely N-dealkylation sites (N-methyl/N-ethyl adjacent to an activating group) is 1. The highest BCUT2D eigenvalue weighted by Crippen LogP contribution is 2.12. The van der Waals surface area contributed by atoms with Crippen LogP contribution >= 0.6 is 0 Å².